The predicted molar refractivity (Wildman–Crippen MR) is 122 cm³/mol. The van der Waals surface area contributed by atoms with Crippen molar-refractivity contribution in [2.75, 3.05) is 18.4 Å². The molecule has 2 aliphatic rings. The fourth-order valence-corrected chi connectivity index (χ4v) is 4.31. The van der Waals surface area contributed by atoms with E-state index in [0.717, 1.165) is 42.7 Å². The van der Waals surface area contributed by atoms with E-state index in [1.165, 1.54) is 0 Å². The Balaban J connectivity index is 1.52. The molecule has 1 fully saturated rings. The number of para-hydroxylation sites is 1. The van der Waals surface area contributed by atoms with Gasteiger partial charge in [-0.05, 0) is 54.3 Å². The molecule has 3 aromatic rings. The van der Waals surface area contributed by atoms with Crippen LogP contribution in [0.5, 0.6) is 0 Å². The number of benzene rings is 3. The summed E-state index contributed by atoms with van der Waals surface area (Å²) in [5.41, 5.74) is 4.74. The van der Waals surface area contributed by atoms with Crippen LogP contribution in [0.1, 0.15) is 40.2 Å². The quantitative estimate of drug-likeness (QED) is 0.631. The van der Waals surface area contributed by atoms with Crippen molar-refractivity contribution in [3.63, 3.8) is 0 Å². The normalized spacial score (nSPS) is 18.1. The van der Waals surface area contributed by atoms with Gasteiger partial charge >= 0.3 is 0 Å². The van der Waals surface area contributed by atoms with Crippen LogP contribution < -0.4 is 5.32 Å². The Bertz CT molecular complexity index is 1150. The van der Waals surface area contributed by atoms with E-state index in [1.807, 2.05) is 83.8 Å². The molecule has 0 radical (unpaired) electrons. The fraction of sp³-hybridized carbons (Fsp3) is 0.192. The van der Waals surface area contributed by atoms with Gasteiger partial charge in [0.25, 0.3) is 5.91 Å². The van der Waals surface area contributed by atoms with E-state index in [1.54, 1.807) is 0 Å². The van der Waals surface area contributed by atoms with Crippen LogP contribution in [0, 0.1) is 0 Å². The van der Waals surface area contributed by atoms with Crippen LogP contribution in [-0.2, 0) is 4.79 Å². The van der Waals surface area contributed by atoms with Gasteiger partial charge in [0, 0.05) is 24.3 Å². The first kappa shape index (κ1) is 19.2. The van der Waals surface area contributed by atoms with Crippen molar-refractivity contribution in [1.82, 2.24) is 4.90 Å². The van der Waals surface area contributed by atoms with Gasteiger partial charge in [0.05, 0.1) is 11.4 Å². The summed E-state index contributed by atoms with van der Waals surface area (Å²) in [6, 6.07) is 24.9. The van der Waals surface area contributed by atoms with Gasteiger partial charge in [-0.1, -0.05) is 48.5 Å². The smallest absolute Gasteiger partial charge is 0.253 e. The van der Waals surface area contributed by atoms with Gasteiger partial charge in [0.15, 0.2) is 0 Å². The average Bonchev–Trinajstić information content (AvgIpc) is 3.46. The minimum atomic E-state index is -0.482. The maximum Gasteiger partial charge on any atom is 0.253 e. The van der Waals surface area contributed by atoms with Crippen LogP contribution in [0.4, 0.5) is 11.4 Å². The van der Waals surface area contributed by atoms with Crippen molar-refractivity contribution in [3.8, 4) is 0 Å². The van der Waals surface area contributed by atoms with Crippen LogP contribution in [-0.4, -0.2) is 35.5 Å². The zero-order chi connectivity index (χ0) is 21.2. The first-order chi connectivity index (χ1) is 15.2. The molecule has 5 heteroatoms. The van der Waals surface area contributed by atoms with E-state index in [2.05, 4.69) is 5.32 Å². The molecular weight excluding hydrogens is 386 g/mol. The summed E-state index contributed by atoms with van der Waals surface area (Å²) in [7, 11) is 0. The minimum Gasteiger partial charge on any atom is -0.339 e. The molecule has 1 unspecified atom stereocenters. The standard InChI is InChI=1S/C26H23N3O2/c30-25-23(21-10-4-5-11-22(21)28-25)24(18-8-2-1-3-9-18)27-20-14-12-19(13-15-20)26(31)29-16-6-7-17-29/h1-5,8-15,23H,6-7,16-17H2,(H,28,30). The summed E-state index contributed by atoms with van der Waals surface area (Å²) in [4.78, 5) is 32.3. The average molecular weight is 409 g/mol. The molecule has 2 amide bonds. The molecule has 0 saturated carbocycles. The Morgan fingerprint density at radius 2 is 1.52 bits per heavy atom. The van der Waals surface area contributed by atoms with Gasteiger partial charge in [0.2, 0.25) is 5.91 Å². The van der Waals surface area contributed by atoms with E-state index in [0.29, 0.717) is 17.0 Å². The number of likely N-dealkylation sites (tertiary alicyclic amines) is 1. The largest absolute Gasteiger partial charge is 0.339 e. The number of amides is 2. The summed E-state index contributed by atoms with van der Waals surface area (Å²) in [5.74, 6) is -0.491. The highest BCUT2D eigenvalue weighted by atomic mass is 16.2. The van der Waals surface area contributed by atoms with Crippen molar-refractivity contribution in [2.24, 2.45) is 4.99 Å². The molecule has 31 heavy (non-hydrogen) atoms. The number of hydrogen-bond donors (Lipinski definition) is 1. The Labute approximate surface area is 181 Å². The first-order valence-corrected chi connectivity index (χ1v) is 10.6. The van der Waals surface area contributed by atoms with Crippen LogP contribution in [0.3, 0.4) is 0 Å². The lowest BCUT2D eigenvalue weighted by Crippen LogP contribution is -2.27. The van der Waals surface area contributed by atoms with Gasteiger partial charge in [-0.3, -0.25) is 14.6 Å². The number of carbonyl (C=O) groups excluding carboxylic acids is 2. The summed E-state index contributed by atoms with van der Waals surface area (Å²) in [6.07, 6.45) is 2.14. The van der Waals surface area contributed by atoms with E-state index in [4.69, 9.17) is 4.99 Å². The Morgan fingerprint density at radius 1 is 0.839 bits per heavy atom. The number of aliphatic imine (C=N–C) groups is 1. The number of anilines is 1. The second-order valence-electron chi connectivity index (χ2n) is 7.92. The van der Waals surface area contributed by atoms with Crippen molar-refractivity contribution >= 4 is 28.9 Å². The topological polar surface area (TPSA) is 61.8 Å². The molecule has 0 bridgehead atoms. The number of rotatable bonds is 4. The van der Waals surface area contributed by atoms with Gasteiger partial charge in [-0.25, -0.2) is 0 Å². The summed E-state index contributed by atoms with van der Waals surface area (Å²) >= 11 is 0. The molecular formula is C26H23N3O2. The second kappa shape index (κ2) is 8.19. The van der Waals surface area contributed by atoms with E-state index in [9.17, 15) is 9.59 Å². The van der Waals surface area contributed by atoms with E-state index >= 15 is 0 Å². The molecule has 0 spiro atoms. The Hall–Kier alpha value is -3.73. The highest BCUT2D eigenvalue weighted by Crippen LogP contribution is 2.36. The van der Waals surface area contributed by atoms with E-state index in [-0.39, 0.29) is 11.8 Å². The zero-order valence-electron chi connectivity index (χ0n) is 17.1. The number of carbonyl (C=O) groups is 2. The summed E-state index contributed by atoms with van der Waals surface area (Å²) < 4.78 is 0. The van der Waals surface area contributed by atoms with Crippen LogP contribution in [0.2, 0.25) is 0 Å². The maximum absolute atomic E-state index is 12.9. The molecule has 5 rings (SSSR count). The summed E-state index contributed by atoms with van der Waals surface area (Å²) in [5, 5.41) is 2.97. The molecule has 1 saturated heterocycles. The maximum atomic E-state index is 12.9. The lowest BCUT2D eigenvalue weighted by molar-refractivity contribution is -0.115. The molecule has 1 atom stereocenters. The van der Waals surface area contributed by atoms with Crippen LogP contribution in [0.15, 0.2) is 83.9 Å². The molecule has 0 aromatic heterocycles. The molecule has 2 aliphatic heterocycles. The van der Waals surface area contributed by atoms with Crippen molar-refractivity contribution in [1.29, 1.82) is 0 Å². The number of hydrogen-bond acceptors (Lipinski definition) is 3. The van der Waals surface area contributed by atoms with Crippen molar-refractivity contribution < 1.29 is 9.59 Å². The number of fused-ring (bicyclic) bond motifs is 1. The molecule has 1 N–H and O–H groups in total. The highest BCUT2D eigenvalue weighted by molar-refractivity contribution is 6.24. The first-order valence-electron chi connectivity index (χ1n) is 10.6. The molecule has 154 valence electrons. The minimum absolute atomic E-state index is 0.0698. The van der Waals surface area contributed by atoms with Gasteiger partial charge in [-0.2, -0.15) is 0 Å². The summed E-state index contributed by atoms with van der Waals surface area (Å²) in [6.45, 7) is 1.65. The predicted octanol–water partition coefficient (Wildman–Crippen LogP) is 4.78. The van der Waals surface area contributed by atoms with Gasteiger partial charge < -0.3 is 10.2 Å². The number of nitrogens with zero attached hydrogens (tertiary/aromatic N) is 2. The van der Waals surface area contributed by atoms with Gasteiger partial charge in [0.1, 0.15) is 5.92 Å². The number of nitrogens with one attached hydrogen (secondary N) is 1. The lowest BCUT2D eigenvalue weighted by atomic mass is 9.90. The second-order valence-corrected chi connectivity index (χ2v) is 7.92. The lowest BCUT2D eigenvalue weighted by Gasteiger charge is -2.16. The van der Waals surface area contributed by atoms with Crippen molar-refractivity contribution in [3.05, 3.63) is 95.6 Å². The Kier molecular flexibility index (Phi) is 5.08. The fourth-order valence-electron chi connectivity index (χ4n) is 4.31. The van der Waals surface area contributed by atoms with Gasteiger partial charge in [-0.15, -0.1) is 0 Å². The van der Waals surface area contributed by atoms with Crippen molar-refractivity contribution in [2.45, 2.75) is 18.8 Å². The highest BCUT2D eigenvalue weighted by Gasteiger charge is 2.35. The SMILES string of the molecule is O=C1Nc2ccccc2C1C(=Nc1ccc(C(=O)N2CCCC2)cc1)c1ccccc1. The van der Waals surface area contributed by atoms with Crippen LogP contribution >= 0.6 is 0 Å². The monoisotopic (exact) mass is 409 g/mol. The zero-order valence-corrected chi connectivity index (χ0v) is 17.1. The third kappa shape index (κ3) is 3.75. The third-order valence-electron chi connectivity index (χ3n) is 5.89. The van der Waals surface area contributed by atoms with Crippen LogP contribution in [0.25, 0.3) is 0 Å². The Morgan fingerprint density at radius 3 is 2.26 bits per heavy atom. The molecule has 3 aromatic carbocycles. The molecule has 5 nitrogen and oxygen atoms in total. The molecule has 2 heterocycles. The molecule has 0 aliphatic carbocycles. The third-order valence-corrected chi connectivity index (χ3v) is 5.89. The van der Waals surface area contributed by atoms with E-state index < -0.39 is 5.92 Å².